The number of halogens is 1. The number of benzene rings is 1. The van der Waals surface area contributed by atoms with Crippen molar-refractivity contribution in [1.29, 1.82) is 0 Å². The van der Waals surface area contributed by atoms with E-state index in [1.54, 1.807) is 24.3 Å². The van der Waals surface area contributed by atoms with Crippen LogP contribution in [0.5, 0.6) is 11.5 Å². The van der Waals surface area contributed by atoms with Crippen LogP contribution in [0, 0.1) is 0 Å². The fraction of sp³-hybridized carbons (Fsp3) is 0.450. The first kappa shape index (κ1) is 18.0. The number of anilines is 1. The summed E-state index contributed by atoms with van der Waals surface area (Å²) in [5.41, 5.74) is 1.07. The fourth-order valence-corrected chi connectivity index (χ4v) is 4.00. The molecule has 6 nitrogen and oxygen atoms in total. The Balaban J connectivity index is 1.55. The van der Waals surface area contributed by atoms with Gasteiger partial charge in [0.1, 0.15) is 5.82 Å². The third-order valence-corrected chi connectivity index (χ3v) is 5.45. The molecule has 1 amide bonds. The lowest BCUT2D eigenvalue weighted by Crippen LogP contribution is -2.25. The van der Waals surface area contributed by atoms with Crippen molar-refractivity contribution in [3.8, 4) is 11.5 Å². The summed E-state index contributed by atoms with van der Waals surface area (Å²) in [7, 11) is 1.65. The van der Waals surface area contributed by atoms with Crippen molar-refractivity contribution < 1.29 is 14.3 Å². The zero-order valence-corrected chi connectivity index (χ0v) is 16.0. The first-order valence-corrected chi connectivity index (χ1v) is 9.65. The molecule has 0 bridgehead atoms. The zero-order valence-electron chi connectivity index (χ0n) is 15.2. The molecule has 0 unspecified atom stereocenters. The van der Waals surface area contributed by atoms with E-state index < -0.39 is 0 Å². The van der Waals surface area contributed by atoms with Gasteiger partial charge in [-0.25, -0.2) is 9.97 Å². The number of carbonyl (C=O) groups is 1. The molecule has 1 aromatic carbocycles. The van der Waals surface area contributed by atoms with E-state index >= 15 is 0 Å². The summed E-state index contributed by atoms with van der Waals surface area (Å²) < 4.78 is 11.7. The Hall–Kier alpha value is -2.34. The molecule has 1 aromatic heterocycles. The summed E-state index contributed by atoms with van der Waals surface area (Å²) in [6.07, 6.45) is 6.82. The predicted molar refractivity (Wildman–Crippen MR) is 103 cm³/mol. The second kappa shape index (κ2) is 7.72. The molecule has 2 aromatic rings. The van der Waals surface area contributed by atoms with E-state index in [0.29, 0.717) is 18.8 Å². The van der Waals surface area contributed by atoms with Gasteiger partial charge in [0.05, 0.1) is 13.2 Å². The van der Waals surface area contributed by atoms with Gasteiger partial charge in [0, 0.05) is 25.1 Å². The average molecular weight is 388 g/mol. The van der Waals surface area contributed by atoms with Gasteiger partial charge in [0.2, 0.25) is 11.2 Å². The van der Waals surface area contributed by atoms with E-state index in [4.69, 9.17) is 21.1 Å². The smallest absolute Gasteiger partial charge is 0.228 e. The summed E-state index contributed by atoms with van der Waals surface area (Å²) in [6, 6.07) is 7.66. The molecule has 1 atom stereocenters. The second-order valence-electron chi connectivity index (χ2n) is 7.02. The molecule has 0 spiro atoms. The number of carbonyl (C=O) groups excluding carboxylic acids is 1. The molecule has 2 heterocycles. The second-order valence-corrected chi connectivity index (χ2v) is 7.36. The molecule has 2 aliphatic rings. The molecule has 1 saturated carbocycles. The van der Waals surface area contributed by atoms with E-state index in [-0.39, 0.29) is 23.2 Å². The number of hydrogen-bond donors (Lipinski definition) is 0. The van der Waals surface area contributed by atoms with Crippen molar-refractivity contribution in [3.05, 3.63) is 41.3 Å². The summed E-state index contributed by atoms with van der Waals surface area (Å²) in [6.45, 7) is 0.557. The van der Waals surface area contributed by atoms with Crippen LogP contribution >= 0.6 is 11.6 Å². The van der Waals surface area contributed by atoms with Crippen molar-refractivity contribution in [3.63, 3.8) is 0 Å². The Morgan fingerprint density at radius 1 is 1.19 bits per heavy atom. The number of aromatic nitrogens is 2. The molecule has 2 fully saturated rings. The van der Waals surface area contributed by atoms with E-state index in [9.17, 15) is 4.79 Å². The third kappa shape index (κ3) is 3.86. The van der Waals surface area contributed by atoms with E-state index in [1.807, 2.05) is 18.2 Å². The molecule has 0 N–H and O–H groups in total. The van der Waals surface area contributed by atoms with Crippen LogP contribution in [0.15, 0.2) is 30.5 Å². The topological polar surface area (TPSA) is 64.5 Å². The molecule has 27 heavy (non-hydrogen) atoms. The maximum Gasteiger partial charge on any atom is 0.228 e. The Bertz CT molecular complexity index is 839. The number of amides is 1. The van der Waals surface area contributed by atoms with E-state index in [1.165, 1.54) is 12.8 Å². The predicted octanol–water partition coefficient (Wildman–Crippen LogP) is 3.98. The lowest BCUT2D eigenvalue weighted by atomic mass is 9.98. The van der Waals surface area contributed by atoms with Crippen molar-refractivity contribution in [2.45, 2.75) is 44.1 Å². The van der Waals surface area contributed by atoms with Crippen molar-refractivity contribution >= 4 is 23.3 Å². The third-order valence-electron chi connectivity index (χ3n) is 5.27. The first-order valence-electron chi connectivity index (χ1n) is 9.27. The lowest BCUT2D eigenvalue weighted by molar-refractivity contribution is -0.117. The van der Waals surface area contributed by atoms with Gasteiger partial charge in [-0.1, -0.05) is 6.07 Å². The van der Waals surface area contributed by atoms with Crippen LogP contribution in [0.4, 0.5) is 5.82 Å². The minimum absolute atomic E-state index is 0.0313. The number of nitrogens with zero attached hydrogens (tertiary/aromatic N) is 3. The quantitative estimate of drug-likeness (QED) is 0.726. The van der Waals surface area contributed by atoms with Crippen LogP contribution < -0.4 is 14.4 Å². The van der Waals surface area contributed by atoms with Crippen LogP contribution in [0.2, 0.25) is 5.28 Å². The van der Waals surface area contributed by atoms with Crippen LogP contribution in [0.25, 0.3) is 0 Å². The molecular formula is C20H22ClN3O3. The lowest BCUT2D eigenvalue weighted by Gasteiger charge is -2.19. The fourth-order valence-electron chi connectivity index (χ4n) is 3.85. The summed E-state index contributed by atoms with van der Waals surface area (Å²) in [5, 5.41) is 0.139. The molecule has 0 radical (unpaired) electrons. The molecular weight excluding hydrogens is 366 g/mol. The molecule has 4 rings (SSSR count). The van der Waals surface area contributed by atoms with E-state index in [0.717, 1.165) is 29.9 Å². The van der Waals surface area contributed by atoms with Gasteiger partial charge in [0.15, 0.2) is 11.5 Å². The summed E-state index contributed by atoms with van der Waals surface area (Å²) in [5.74, 6) is 2.14. The number of hydrogen-bond acceptors (Lipinski definition) is 5. The van der Waals surface area contributed by atoms with Gasteiger partial charge in [-0.3, -0.25) is 9.69 Å². The molecule has 1 aliphatic heterocycles. The molecule has 142 valence electrons. The highest BCUT2D eigenvalue weighted by Gasteiger charge is 2.33. The minimum atomic E-state index is 0.0313. The molecule has 1 aliphatic carbocycles. The van der Waals surface area contributed by atoms with Gasteiger partial charge < -0.3 is 9.47 Å². The Kier molecular flexibility index (Phi) is 5.16. The van der Waals surface area contributed by atoms with Gasteiger partial charge in [-0.2, -0.15) is 0 Å². The highest BCUT2D eigenvalue weighted by atomic mass is 35.5. The average Bonchev–Trinajstić information content (AvgIpc) is 3.31. The largest absolute Gasteiger partial charge is 0.493 e. The van der Waals surface area contributed by atoms with Crippen molar-refractivity contribution in [2.24, 2.45) is 0 Å². The summed E-state index contributed by atoms with van der Waals surface area (Å²) in [4.78, 5) is 22.2. The van der Waals surface area contributed by atoms with Crippen LogP contribution in [0.1, 0.15) is 43.6 Å². The number of ether oxygens (including phenoxy) is 2. The summed E-state index contributed by atoms with van der Waals surface area (Å²) >= 11 is 5.87. The zero-order chi connectivity index (χ0) is 18.8. The SMILES string of the molecule is COc1ccc([C@H]2CC(=O)N(c3ccnc(Cl)n3)C2)cc1OC1CCCC1. The highest BCUT2D eigenvalue weighted by Crippen LogP contribution is 2.37. The maximum atomic E-state index is 12.5. The van der Waals surface area contributed by atoms with Crippen molar-refractivity contribution in [2.75, 3.05) is 18.6 Å². The Morgan fingerprint density at radius 2 is 2.00 bits per heavy atom. The van der Waals surface area contributed by atoms with Crippen molar-refractivity contribution in [1.82, 2.24) is 9.97 Å². The van der Waals surface area contributed by atoms with Gasteiger partial charge >= 0.3 is 0 Å². The standard InChI is InChI=1S/C20H22ClN3O3/c1-26-16-7-6-13(10-17(16)27-15-4-2-3-5-15)14-11-19(25)24(12-14)18-8-9-22-20(21)23-18/h6-10,14-15H,2-5,11-12H2,1H3/t14-/m0/s1. The molecule has 1 saturated heterocycles. The van der Waals surface area contributed by atoms with Gasteiger partial charge in [0.25, 0.3) is 0 Å². The maximum absolute atomic E-state index is 12.5. The normalized spacial score (nSPS) is 20.3. The van der Waals surface area contributed by atoms with Crippen LogP contribution in [-0.4, -0.2) is 35.6 Å². The monoisotopic (exact) mass is 387 g/mol. The number of methoxy groups -OCH3 is 1. The first-order chi connectivity index (χ1) is 13.1. The van der Waals surface area contributed by atoms with Crippen LogP contribution in [0.3, 0.4) is 0 Å². The number of rotatable bonds is 5. The Morgan fingerprint density at radius 3 is 2.74 bits per heavy atom. The minimum Gasteiger partial charge on any atom is -0.493 e. The van der Waals surface area contributed by atoms with E-state index in [2.05, 4.69) is 9.97 Å². The van der Waals surface area contributed by atoms with Crippen LogP contribution in [-0.2, 0) is 4.79 Å². The van der Waals surface area contributed by atoms with Gasteiger partial charge in [-0.05, 0) is 61.0 Å². The highest BCUT2D eigenvalue weighted by molar-refractivity contribution is 6.28. The molecule has 7 heteroatoms. The van der Waals surface area contributed by atoms with Gasteiger partial charge in [-0.15, -0.1) is 0 Å². The Labute approximate surface area is 163 Å².